The monoisotopic (exact) mass is 461 g/mol. The maximum absolute atomic E-state index is 14.8. The SMILES string of the molecule is CON(C)Cc1ccc(-c2ccc3c(c2)CN(CC[C@@](C)(SC)C(=O)NO)C3=O)c(F)c1. The molecule has 2 amide bonds. The van der Waals surface area contributed by atoms with Gasteiger partial charge in [-0.3, -0.25) is 14.8 Å². The molecule has 3 rings (SSSR count). The molecule has 7 nitrogen and oxygen atoms in total. The van der Waals surface area contributed by atoms with E-state index in [0.717, 1.165) is 11.1 Å². The number of benzene rings is 2. The Balaban J connectivity index is 1.76. The molecule has 0 saturated heterocycles. The molecule has 32 heavy (non-hydrogen) atoms. The van der Waals surface area contributed by atoms with Gasteiger partial charge in [-0.1, -0.05) is 18.2 Å². The van der Waals surface area contributed by atoms with Gasteiger partial charge >= 0.3 is 0 Å². The van der Waals surface area contributed by atoms with E-state index in [1.807, 2.05) is 12.1 Å². The second-order valence-corrected chi connectivity index (χ2v) is 9.32. The molecule has 1 aliphatic rings. The van der Waals surface area contributed by atoms with Gasteiger partial charge in [0.15, 0.2) is 0 Å². The summed E-state index contributed by atoms with van der Waals surface area (Å²) < 4.78 is 13.9. The van der Waals surface area contributed by atoms with Gasteiger partial charge in [0.25, 0.3) is 11.8 Å². The predicted octanol–water partition coefficient (Wildman–Crippen LogP) is 3.46. The molecule has 1 aliphatic heterocycles. The number of nitrogens with zero attached hydrogens (tertiary/aromatic N) is 2. The van der Waals surface area contributed by atoms with Crippen molar-refractivity contribution in [2.75, 3.05) is 27.0 Å². The zero-order chi connectivity index (χ0) is 23.5. The molecule has 0 unspecified atom stereocenters. The first-order valence-electron chi connectivity index (χ1n) is 10.2. The summed E-state index contributed by atoms with van der Waals surface area (Å²) in [6.07, 6.45) is 2.17. The number of carbonyl (C=O) groups excluding carboxylic acids is 2. The van der Waals surface area contributed by atoms with Crippen LogP contribution in [-0.2, 0) is 22.7 Å². The van der Waals surface area contributed by atoms with Crippen LogP contribution >= 0.6 is 11.8 Å². The number of nitrogens with one attached hydrogen (secondary N) is 1. The minimum atomic E-state index is -0.850. The Labute approximate surface area is 191 Å². The van der Waals surface area contributed by atoms with Gasteiger partial charge in [-0.2, -0.15) is 5.06 Å². The van der Waals surface area contributed by atoms with E-state index in [-0.39, 0.29) is 11.7 Å². The number of carbonyl (C=O) groups is 2. The number of amides is 2. The molecular weight excluding hydrogens is 433 g/mol. The fourth-order valence-electron chi connectivity index (χ4n) is 3.72. The Hall–Kier alpha value is -2.46. The lowest BCUT2D eigenvalue weighted by Crippen LogP contribution is -2.43. The van der Waals surface area contributed by atoms with Crippen LogP contribution < -0.4 is 5.48 Å². The molecule has 2 N–H and O–H groups in total. The fraction of sp³-hybridized carbons (Fsp3) is 0.391. The first kappa shape index (κ1) is 24.2. The third-order valence-corrected chi connectivity index (χ3v) is 7.23. The van der Waals surface area contributed by atoms with Crippen LogP contribution in [0.4, 0.5) is 4.39 Å². The van der Waals surface area contributed by atoms with E-state index in [4.69, 9.17) is 10.0 Å². The summed E-state index contributed by atoms with van der Waals surface area (Å²) in [7, 11) is 3.33. The lowest BCUT2D eigenvalue weighted by atomic mass is 9.99. The maximum atomic E-state index is 14.8. The Bertz CT molecular complexity index is 1020. The van der Waals surface area contributed by atoms with Crippen LogP contribution in [0.1, 0.15) is 34.8 Å². The number of hydrogen-bond acceptors (Lipinski definition) is 6. The number of hydroxylamine groups is 3. The second-order valence-electron chi connectivity index (χ2n) is 8.01. The summed E-state index contributed by atoms with van der Waals surface area (Å²) in [6.45, 7) is 2.95. The van der Waals surface area contributed by atoms with Crippen molar-refractivity contribution in [2.45, 2.75) is 31.2 Å². The van der Waals surface area contributed by atoms with Crippen molar-refractivity contribution in [3.63, 3.8) is 0 Å². The Morgan fingerprint density at radius 3 is 2.66 bits per heavy atom. The molecule has 0 aliphatic carbocycles. The fourth-order valence-corrected chi connectivity index (χ4v) is 4.24. The lowest BCUT2D eigenvalue weighted by Gasteiger charge is -2.27. The van der Waals surface area contributed by atoms with E-state index in [9.17, 15) is 14.0 Å². The molecule has 0 fully saturated rings. The molecule has 1 atom stereocenters. The molecule has 0 radical (unpaired) electrons. The topological polar surface area (TPSA) is 82.1 Å². The summed E-state index contributed by atoms with van der Waals surface area (Å²) in [5, 5.41) is 10.6. The highest BCUT2D eigenvalue weighted by atomic mass is 32.2. The van der Waals surface area contributed by atoms with Crippen LogP contribution in [-0.4, -0.2) is 58.7 Å². The van der Waals surface area contributed by atoms with E-state index in [1.54, 1.807) is 61.0 Å². The summed E-state index contributed by atoms with van der Waals surface area (Å²) >= 11 is 1.32. The minimum Gasteiger partial charge on any atom is -0.334 e. The molecule has 9 heteroatoms. The normalized spacial score (nSPS) is 15.1. The van der Waals surface area contributed by atoms with E-state index in [2.05, 4.69) is 0 Å². The summed E-state index contributed by atoms with van der Waals surface area (Å²) in [4.78, 5) is 31.5. The zero-order valence-electron chi connectivity index (χ0n) is 18.6. The van der Waals surface area contributed by atoms with Gasteiger partial charge in [0.05, 0.1) is 11.9 Å². The minimum absolute atomic E-state index is 0.113. The van der Waals surface area contributed by atoms with E-state index in [0.29, 0.717) is 42.7 Å². The standard InChI is InChI=1S/C23H28FN3O4S/c1-23(32-4,22(29)25-30)9-10-27-14-17-12-16(6-8-19(17)21(27)28)18-7-5-15(11-20(18)24)13-26(2)31-3/h5-8,11-12,30H,9-10,13-14H2,1-4H3,(H,25,29)/t23-/m1/s1. The van der Waals surface area contributed by atoms with Crippen molar-refractivity contribution in [1.82, 2.24) is 15.4 Å². The van der Waals surface area contributed by atoms with Crippen LogP contribution in [0.25, 0.3) is 11.1 Å². The van der Waals surface area contributed by atoms with Crippen molar-refractivity contribution in [3.05, 3.63) is 58.9 Å². The molecule has 1 heterocycles. The highest BCUT2D eigenvalue weighted by Gasteiger charge is 2.35. The summed E-state index contributed by atoms with van der Waals surface area (Å²) in [5.74, 6) is -0.941. The zero-order valence-corrected chi connectivity index (χ0v) is 19.5. The number of fused-ring (bicyclic) bond motifs is 1. The largest absolute Gasteiger partial charge is 0.334 e. The lowest BCUT2D eigenvalue weighted by molar-refractivity contribution is -0.131. The third kappa shape index (κ3) is 4.96. The van der Waals surface area contributed by atoms with Gasteiger partial charge in [-0.25, -0.2) is 9.87 Å². The molecule has 0 bridgehead atoms. The predicted molar refractivity (Wildman–Crippen MR) is 122 cm³/mol. The van der Waals surface area contributed by atoms with Crippen LogP contribution in [0.15, 0.2) is 36.4 Å². The maximum Gasteiger partial charge on any atom is 0.259 e. The van der Waals surface area contributed by atoms with Crippen LogP contribution in [0.2, 0.25) is 0 Å². The molecule has 172 valence electrons. The molecule has 0 spiro atoms. The molecule has 2 aromatic carbocycles. The number of thioether (sulfide) groups is 1. The van der Waals surface area contributed by atoms with Crippen LogP contribution in [0.3, 0.4) is 0 Å². The van der Waals surface area contributed by atoms with Crippen molar-refractivity contribution in [2.24, 2.45) is 0 Å². The molecule has 0 aromatic heterocycles. The number of halogens is 1. The van der Waals surface area contributed by atoms with Gasteiger partial charge in [0.2, 0.25) is 0 Å². The number of hydrogen-bond donors (Lipinski definition) is 2. The average Bonchev–Trinajstić information content (AvgIpc) is 3.11. The Morgan fingerprint density at radius 1 is 1.31 bits per heavy atom. The van der Waals surface area contributed by atoms with Crippen molar-refractivity contribution < 1.29 is 24.0 Å². The van der Waals surface area contributed by atoms with Gasteiger partial charge in [0, 0.05) is 37.8 Å². The van der Waals surface area contributed by atoms with Gasteiger partial charge < -0.3 is 9.74 Å². The highest BCUT2D eigenvalue weighted by molar-refractivity contribution is 8.00. The van der Waals surface area contributed by atoms with Gasteiger partial charge in [-0.05, 0) is 54.5 Å². The number of rotatable bonds is 9. The Morgan fingerprint density at radius 2 is 2.03 bits per heavy atom. The first-order chi connectivity index (χ1) is 15.2. The van der Waals surface area contributed by atoms with Crippen LogP contribution in [0.5, 0.6) is 0 Å². The van der Waals surface area contributed by atoms with Crippen LogP contribution in [0, 0.1) is 5.82 Å². The second kappa shape index (κ2) is 9.99. The smallest absolute Gasteiger partial charge is 0.259 e. The molecule has 0 saturated carbocycles. The van der Waals surface area contributed by atoms with Gasteiger partial charge in [-0.15, -0.1) is 11.8 Å². The van der Waals surface area contributed by atoms with E-state index in [1.165, 1.54) is 17.8 Å². The van der Waals surface area contributed by atoms with Crippen molar-refractivity contribution >= 4 is 23.6 Å². The Kier molecular flexibility index (Phi) is 7.55. The molecular formula is C23H28FN3O4S. The first-order valence-corrected chi connectivity index (χ1v) is 11.4. The molecule has 2 aromatic rings. The van der Waals surface area contributed by atoms with Gasteiger partial charge in [0.1, 0.15) is 5.82 Å². The van der Waals surface area contributed by atoms with E-state index < -0.39 is 10.7 Å². The van der Waals surface area contributed by atoms with E-state index >= 15 is 0 Å². The van der Waals surface area contributed by atoms with Crippen molar-refractivity contribution in [1.29, 1.82) is 0 Å². The van der Waals surface area contributed by atoms with Crippen molar-refractivity contribution in [3.8, 4) is 11.1 Å². The average molecular weight is 462 g/mol. The summed E-state index contributed by atoms with van der Waals surface area (Å²) in [6, 6.07) is 10.4. The quantitative estimate of drug-likeness (QED) is 0.440. The summed E-state index contributed by atoms with van der Waals surface area (Å²) in [5.41, 5.74) is 5.08. The highest BCUT2D eigenvalue weighted by Crippen LogP contribution is 2.32. The third-order valence-electron chi connectivity index (χ3n) is 5.94.